The monoisotopic (exact) mass is 424 g/mol. The Morgan fingerprint density at radius 2 is 1.73 bits per heavy atom. The molecular weight excluding hydrogens is 400 g/mol. The summed E-state index contributed by atoms with van der Waals surface area (Å²) >= 11 is 5.98. The number of hydrogen-bond donors (Lipinski definition) is 1. The van der Waals surface area contributed by atoms with Crippen molar-refractivity contribution >= 4 is 40.5 Å². The molecule has 0 radical (unpaired) electrons. The number of carbonyl (C=O) groups excluding carboxylic acids is 2. The molecule has 2 amide bonds. The van der Waals surface area contributed by atoms with Crippen LogP contribution in [0.5, 0.6) is 0 Å². The van der Waals surface area contributed by atoms with Gasteiger partial charge in [0.25, 0.3) is 5.91 Å². The molecule has 1 atom stereocenters. The van der Waals surface area contributed by atoms with Crippen molar-refractivity contribution in [3.63, 3.8) is 0 Å². The molecule has 0 aromatic heterocycles. The predicted octanol–water partition coefficient (Wildman–Crippen LogP) is 3.61. The summed E-state index contributed by atoms with van der Waals surface area (Å²) in [6.07, 6.45) is 3.08. The molecule has 2 aromatic carbocycles. The van der Waals surface area contributed by atoms with Gasteiger partial charge in [-0.1, -0.05) is 11.6 Å². The lowest BCUT2D eigenvalue weighted by molar-refractivity contribution is -0.118. The Bertz CT molecular complexity index is 970. The maximum atomic E-state index is 13.1. The normalized spacial score (nSPS) is 21.0. The number of halogens is 1. The van der Waals surface area contributed by atoms with Crippen LogP contribution in [0.3, 0.4) is 0 Å². The molecule has 156 valence electrons. The molecule has 2 fully saturated rings. The van der Waals surface area contributed by atoms with E-state index in [1.807, 2.05) is 47.4 Å². The number of amides is 2. The number of nitrogens with one attached hydrogen (secondary N) is 1. The minimum atomic E-state index is -0.0752. The summed E-state index contributed by atoms with van der Waals surface area (Å²) in [5, 5.41) is 3.74. The van der Waals surface area contributed by atoms with Crippen molar-refractivity contribution in [1.29, 1.82) is 0 Å². The molecule has 6 nitrogen and oxygen atoms in total. The van der Waals surface area contributed by atoms with Crippen LogP contribution < -0.4 is 15.1 Å². The average molecular weight is 425 g/mol. The van der Waals surface area contributed by atoms with Gasteiger partial charge in [0.1, 0.15) is 6.04 Å². The van der Waals surface area contributed by atoms with Crippen LogP contribution in [0.15, 0.2) is 42.5 Å². The molecule has 30 heavy (non-hydrogen) atoms. The standard InChI is InChI=1S/C23H25ClN4O2/c24-17-5-7-18(8-6-17)26-11-13-27(14-12-26)23(30)16-4-9-20-19(15-16)25-22(29)21-3-1-2-10-28(20)21/h4-9,15,21H,1-3,10-14H2,(H,25,29)/t21-/m1/s1. The molecule has 1 N–H and O–H groups in total. The number of nitrogens with zero attached hydrogens (tertiary/aromatic N) is 3. The Labute approximate surface area is 181 Å². The highest BCUT2D eigenvalue weighted by Crippen LogP contribution is 2.36. The van der Waals surface area contributed by atoms with Crippen LogP contribution in [0.2, 0.25) is 5.02 Å². The first kappa shape index (κ1) is 19.2. The van der Waals surface area contributed by atoms with Crippen LogP contribution in [0.1, 0.15) is 29.6 Å². The van der Waals surface area contributed by atoms with Crippen molar-refractivity contribution in [1.82, 2.24) is 4.90 Å². The number of rotatable bonds is 2. The first-order valence-electron chi connectivity index (χ1n) is 10.6. The van der Waals surface area contributed by atoms with Gasteiger partial charge in [-0.2, -0.15) is 0 Å². The molecule has 5 rings (SSSR count). The van der Waals surface area contributed by atoms with E-state index < -0.39 is 0 Å². The lowest BCUT2D eigenvalue weighted by atomic mass is 9.96. The van der Waals surface area contributed by atoms with Crippen molar-refractivity contribution < 1.29 is 9.59 Å². The Morgan fingerprint density at radius 1 is 0.967 bits per heavy atom. The minimum Gasteiger partial charge on any atom is -0.368 e. The quantitative estimate of drug-likeness (QED) is 0.800. The van der Waals surface area contributed by atoms with E-state index in [1.54, 1.807) is 0 Å². The second-order valence-electron chi connectivity index (χ2n) is 8.18. The van der Waals surface area contributed by atoms with E-state index >= 15 is 0 Å². The van der Waals surface area contributed by atoms with Gasteiger partial charge in [0.2, 0.25) is 5.91 Å². The van der Waals surface area contributed by atoms with Crippen LogP contribution in [0.25, 0.3) is 0 Å². The SMILES string of the molecule is O=C1Nc2cc(C(=O)N3CCN(c4ccc(Cl)cc4)CC3)ccc2N2CCCC[C@H]12. The molecule has 0 bridgehead atoms. The third kappa shape index (κ3) is 3.49. The van der Waals surface area contributed by atoms with Crippen LogP contribution in [0, 0.1) is 0 Å². The molecule has 3 aliphatic rings. The molecule has 3 aliphatic heterocycles. The summed E-state index contributed by atoms with van der Waals surface area (Å²) < 4.78 is 0. The molecule has 0 unspecified atom stereocenters. The van der Waals surface area contributed by atoms with Crippen molar-refractivity contribution in [3.8, 4) is 0 Å². The number of benzene rings is 2. The van der Waals surface area contributed by atoms with E-state index in [4.69, 9.17) is 11.6 Å². The van der Waals surface area contributed by atoms with Crippen molar-refractivity contribution in [3.05, 3.63) is 53.1 Å². The number of piperidine rings is 1. The molecular formula is C23H25ClN4O2. The Kier molecular flexibility index (Phi) is 5.03. The minimum absolute atomic E-state index is 0.0172. The lowest BCUT2D eigenvalue weighted by Crippen LogP contribution is -2.50. The number of carbonyl (C=O) groups is 2. The zero-order chi connectivity index (χ0) is 20.7. The van der Waals surface area contributed by atoms with Gasteiger partial charge >= 0.3 is 0 Å². The van der Waals surface area contributed by atoms with E-state index in [0.29, 0.717) is 18.7 Å². The number of hydrogen-bond acceptors (Lipinski definition) is 4. The predicted molar refractivity (Wildman–Crippen MR) is 120 cm³/mol. The molecule has 2 saturated heterocycles. The first-order chi connectivity index (χ1) is 14.6. The summed E-state index contributed by atoms with van der Waals surface area (Å²) in [6.45, 7) is 3.79. The Balaban J connectivity index is 1.29. The van der Waals surface area contributed by atoms with Gasteiger partial charge < -0.3 is 20.0 Å². The summed E-state index contributed by atoms with van der Waals surface area (Å²) in [7, 11) is 0. The third-order valence-corrected chi connectivity index (χ3v) is 6.63. The zero-order valence-electron chi connectivity index (χ0n) is 16.8. The maximum absolute atomic E-state index is 13.1. The van der Waals surface area contributed by atoms with Crippen molar-refractivity contribution in [2.45, 2.75) is 25.3 Å². The van der Waals surface area contributed by atoms with Gasteiger partial charge in [0.15, 0.2) is 0 Å². The molecule has 0 spiro atoms. The van der Waals surface area contributed by atoms with Crippen LogP contribution in [0.4, 0.5) is 17.1 Å². The van der Waals surface area contributed by atoms with Crippen LogP contribution >= 0.6 is 11.6 Å². The fourth-order valence-corrected chi connectivity index (χ4v) is 4.86. The van der Waals surface area contributed by atoms with E-state index in [2.05, 4.69) is 15.1 Å². The second kappa shape index (κ2) is 7.84. The van der Waals surface area contributed by atoms with Gasteiger partial charge in [-0.15, -0.1) is 0 Å². The average Bonchev–Trinajstić information content (AvgIpc) is 2.79. The molecule has 2 aromatic rings. The van der Waals surface area contributed by atoms with Crippen LogP contribution in [-0.4, -0.2) is 55.5 Å². The summed E-state index contributed by atoms with van der Waals surface area (Å²) in [5.41, 5.74) is 3.54. The highest BCUT2D eigenvalue weighted by molar-refractivity contribution is 6.30. The largest absolute Gasteiger partial charge is 0.368 e. The van der Waals surface area contributed by atoms with Gasteiger partial charge in [0, 0.05) is 49.0 Å². The van der Waals surface area contributed by atoms with E-state index in [0.717, 1.165) is 61.0 Å². The summed E-state index contributed by atoms with van der Waals surface area (Å²) in [4.78, 5) is 32.0. The molecule has 3 heterocycles. The number of anilines is 3. The summed E-state index contributed by atoms with van der Waals surface area (Å²) in [5.74, 6) is 0.0620. The molecule has 0 saturated carbocycles. The Morgan fingerprint density at radius 3 is 2.50 bits per heavy atom. The summed E-state index contributed by atoms with van der Waals surface area (Å²) in [6, 6.07) is 13.5. The smallest absolute Gasteiger partial charge is 0.254 e. The van der Waals surface area contributed by atoms with Crippen molar-refractivity contribution in [2.75, 3.05) is 47.8 Å². The highest BCUT2D eigenvalue weighted by atomic mass is 35.5. The van der Waals surface area contributed by atoms with E-state index in [-0.39, 0.29) is 17.9 Å². The van der Waals surface area contributed by atoms with Crippen LogP contribution in [-0.2, 0) is 4.79 Å². The van der Waals surface area contributed by atoms with Gasteiger partial charge in [-0.25, -0.2) is 0 Å². The number of piperazine rings is 1. The second-order valence-corrected chi connectivity index (χ2v) is 8.62. The molecule has 0 aliphatic carbocycles. The fourth-order valence-electron chi connectivity index (χ4n) is 4.73. The fraction of sp³-hybridized carbons (Fsp3) is 0.391. The highest BCUT2D eigenvalue weighted by Gasteiger charge is 2.35. The van der Waals surface area contributed by atoms with E-state index in [9.17, 15) is 9.59 Å². The van der Waals surface area contributed by atoms with Gasteiger partial charge in [-0.05, 0) is 61.7 Å². The topological polar surface area (TPSA) is 55.9 Å². The Hall–Kier alpha value is -2.73. The van der Waals surface area contributed by atoms with E-state index in [1.165, 1.54) is 0 Å². The lowest BCUT2D eigenvalue weighted by Gasteiger charge is -2.41. The van der Waals surface area contributed by atoms with Gasteiger partial charge in [0.05, 0.1) is 11.4 Å². The third-order valence-electron chi connectivity index (χ3n) is 6.37. The molecule has 7 heteroatoms. The maximum Gasteiger partial charge on any atom is 0.254 e. The van der Waals surface area contributed by atoms with Crippen molar-refractivity contribution in [2.24, 2.45) is 0 Å². The van der Waals surface area contributed by atoms with Gasteiger partial charge in [-0.3, -0.25) is 9.59 Å². The zero-order valence-corrected chi connectivity index (χ0v) is 17.6. The number of fused-ring (bicyclic) bond motifs is 3. The first-order valence-corrected chi connectivity index (χ1v) is 11.0.